The highest BCUT2D eigenvalue weighted by molar-refractivity contribution is 6.35. The summed E-state index contributed by atoms with van der Waals surface area (Å²) in [5, 5.41) is 10.2. The van der Waals surface area contributed by atoms with Gasteiger partial charge in [0.25, 0.3) is 0 Å². The zero-order valence-electron chi connectivity index (χ0n) is 10.8. The average Bonchev–Trinajstić information content (AvgIpc) is 2.38. The van der Waals surface area contributed by atoms with Crippen LogP contribution in [0.1, 0.15) is 18.4 Å². The van der Waals surface area contributed by atoms with Crippen molar-refractivity contribution in [2.45, 2.75) is 19.4 Å². The van der Waals surface area contributed by atoms with Gasteiger partial charge in [0.1, 0.15) is 5.75 Å². The van der Waals surface area contributed by atoms with Crippen LogP contribution in [0.4, 0.5) is 0 Å². The second kappa shape index (κ2) is 6.47. The van der Waals surface area contributed by atoms with Crippen molar-refractivity contribution < 1.29 is 4.74 Å². The Balaban J connectivity index is 2.16. The minimum absolute atomic E-state index is 0.120. The van der Waals surface area contributed by atoms with Gasteiger partial charge < -0.3 is 4.74 Å². The molecule has 0 radical (unpaired) electrons. The highest BCUT2D eigenvalue weighted by atomic mass is 35.5. The quantitative estimate of drug-likeness (QED) is 0.853. The van der Waals surface area contributed by atoms with Gasteiger partial charge >= 0.3 is 0 Å². The van der Waals surface area contributed by atoms with E-state index in [1.165, 1.54) is 0 Å². The van der Waals surface area contributed by atoms with Crippen molar-refractivity contribution >= 4 is 23.2 Å². The van der Waals surface area contributed by atoms with Crippen LogP contribution in [0.3, 0.4) is 0 Å². The predicted octanol–water partition coefficient (Wildman–Crippen LogP) is 3.74. The Morgan fingerprint density at radius 3 is 2.95 bits per heavy atom. The van der Waals surface area contributed by atoms with E-state index < -0.39 is 0 Å². The summed E-state index contributed by atoms with van der Waals surface area (Å²) in [5.41, 5.74) is 0.971. The fourth-order valence-electron chi connectivity index (χ4n) is 2.51. The second-order valence-corrected chi connectivity index (χ2v) is 5.63. The van der Waals surface area contributed by atoms with Crippen molar-refractivity contribution in [2.75, 3.05) is 20.2 Å². The van der Waals surface area contributed by atoms with E-state index in [9.17, 15) is 0 Å². The third kappa shape index (κ3) is 3.54. The minimum atomic E-state index is 0.120. The number of nitrogens with zero attached hydrogens (tertiary/aromatic N) is 2. The first-order valence-electron chi connectivity index (χ1n) is 6.28. The van der Waals surface area contributed by atoms with E-state index in [-0.39, 0.29) is 5.92 Å². The monoisotopic (exact) mass is 298 g/mol. The third-order valence-electron chi connectivity index (χ3n) is 3.37. The number of piperidine rings is 1. The Hall–Kier alpha value is -0.950. The van der Waals surface area contributed by atoms with Gasteiger partial charge in [-0.05, 0) is 31.5 Å². The van der Waals surface area contributed by atoms with Crippen LogP contribution in [-0.2, 0) is 6.54 Å². The molecule has 19 heavy (non-hydrogen) atoms. The summed E-state index contributed by atoms with van der Waals surface area (Å²) >= 11 is 12.2. The standard InChI is InChI=1S/C14H16Cl2N2O/c1-19-14-11(5-12(15)6-13(14)16)9-18-4-2-3-10(7-17)8-18/h5-6,10H,2-4,8-9H2,1H3. The molecule has 1 unspecified atom stereocenters. The van der Waals surface area contributed by atoms with Gasteiger partial charge in [0.15, 0.2) is 0 Å². The van der Waals surface area contributed by atoms with E-state index in [0.717, 1.165) is 31.5 Å². The van der Waals surface area contributed by atoms with E-state index >= 15 is 0 Å². The number of halogens is 2. The fourth-order valence-corrected chi connectivity index (χ4v) is 3.12. The maximum atomic E-state index is 9.02. The minimum Gasteiger partial charge on any atom is -0.495 e. The highest BCUT2D eigenvalue weighted by Crippen LogP contribution is 2.33. The number of benzene rings is 1. The molecule has 1 aromatic carbocycles. The van der Waals surface area contributed by atoms with Crippen LogP contribution in [-0.4, -0.2) is 25.1 Å². The summed E-state index contributed by atoms with van der Waals surface area (Å²) in [4.78, 5) is 2.25. The molecule has 0 spiro atoms. The van der Waals surface area contributed by atoms with Crippen molar-refractivity contribution in [3.63, 3.8) is 0 Å². The predicted molar refractivity (Wildman–Crippen MR) is 76.6 cm³/mol. The van der Waals surface area contributed by atoms with Crippen LogP contribution < -0.4 is 4.74 Å². The molecule has 1 atom stereocenters. The van der Waals surface area contributed by atoms with Crippen LogP contribution in [0.2, 0.25) is 10.0 Å². The topological polar surface area (TPSA) is 36.3 Å². The largest absolute Gasteiger partial charge is 0.495 e. The number of hydrogen-bond acceptors (Lipinski definition) is 3. The normalized spacial score (nSPS) is 20.0. The summed E-state index contributed by atoms with van der Waals surface area (Å²) in [6.07, 6.45) is 2.04. The van der Waals surface area contributed by atoms with E-state index in [0.29, 0.717) is 22.3 Å². The van der Waals surface area contributed by atoms with Crippen molar-refractivity contribution in [3.05, 3.63) is 27.7 Å². The molecule has 0 aromatic heterocycles. The lowest BCUT2D eigenvalue weighted by atomic mass is 9.99. The van der Waals surface area contributed by atoms with Gasteiger partial charge in [0.05, 0.1) is 24.1 Å². The molecule has 0 bridgehead atoms. The maximum absolute atomic E-state index is 9.02. The van der Waals surface area contributed by atoms with Crippen molar-refractivity contribution in [1.29, 1.82) is 5.26 Å². The number of likely N-dealkylation sites (tertiary alicyclic amines) is 1. The summed E-state index contributed by atoms with van der Waals surface area (Å²) < 4.78 is 5.34. The van der Waals surface area contributed by atoms with Gasteiger partial charge in [-0.3, -0.25) is 4.90 Å². The van der Waals surface area contributed by atoms with Gasteiger partial charge in [-0.25, -0.2) is 0 Å². The SMILES string of the molecule is COc1c(Cl)cc(Cl)cc1CN1CCCC(C#N)C1. The molecule has 1 aliphatic rings. The van der Waals surface area contributed by atoms with Crippen molar-refractivity contribution in [3.8, 4) is 11.8 Å². The summed E-state index contributed by atoms with van der Waals surface area (Å²) in [5.74, 6) is 0.791. The summed E-state index contributed by atoms with van der Waals surface area (Å²) in [7, 11) is 1.60. The molecule has 3 nitrogen and oxygen atoms in total. The molecule has 1 aliphatic heterocycles. The molecule has 5 heteroatoms. The van der Waals surface area contributed by atoms with E-state index in [1.54, 1.807) is 13.2 Å². The highest BCUT2D eigenvalue weighted by Gasteiger charge is 2.21. The van der Waals surface area contributed by atoms with E-state index in [2.05, 4.69) is 11.0 Å². The third-order valence-corrected chi connectivity index (χ3v) is 3.87. The lowest BCUT2D eigenvalue weighted by Gasteiger charge is -2.30. The lowest BCUT2D eigenvalue weighted by molar-refractivity contribution is 0.190. The molecule has 102 valence electrons. The number of methoxy groups -OCH3 is 1. The first-order valence-corrected chi connectivity index (χ1v) is 7.03. The van der Waals surface area contributed by atoms with Crippen LogP contribution >= 0.6 is 23.2 Å². The second-order valence-electron chi connectivity index (χ2n) is 4.78. The Bertz CT molecular complexity index is 499. The maximum Gasteiger partial charge on any atom is 0.142 e. The lowest BCUT2D eigenvalue weighted by Crippen LogP contribution is -2.34. The smallest absolute Gasteiger partial charge is 0.142 e. The first-order chi connectivity index (χ1) is 9.13. The number of rotatable bonds is 3. The van der Waals surface area contributed by atoms with Crippen molar-refractivity contribution in [2.24, 2.45) is 5.92 Å². The van der Waals surface area contributed by atoms with Gasteiger partial charge in [-0.2, -0.15) is 5.26 Å². The van der Waals surface area contributed by atoms with Gasteiger partial charge in [-0.1, -0.05) is 23.2 Å². The average molecular weight is 299 g/mol. The summed E-state index contributed by atoms with van der Waals surface area (Å²) in [6.45, 7) is 2.50. The molecule has 2 rings (SSSR count). The number of nitriles is 1. The Kier molecular flexibility index (Phi) is 4.93. The number of hydrogen-bond donors (Lipinski definition) is 0. The molecule has 0 N–H and O–H groups in total. The number of ether oxygens (including phenoxy) is 1. The zero-order chi connectivity index (χ0) is 13.8. The molecule has 1 fully saturated rings. The first kappa shape index (κ1) is 14.5. The van der Waals surface area contributed by atoms with Crippen molar-refractivity contribution in [1.82, 2.24) is 4.90 Å². The molecule has 1 aromatic rings. The molecule has 0 amide bonds. The van der Waals surface area contributed by atoms with Gasteiger partial charge in [0, 0.05) is 23.7 Å². The van der Waals surface area contributed by atoms with Crippen LogP contribution in [0.25, 0.3) is 0 Å². The zero-order valence-corrected chi connectivity index (χ0v) is 12.3. The molecule has 1 heterocycles. The van der Waals surface area contributed by atoms with Crippen LogP contribution in [0.15, 0.2) is 12.1 Å². The van der Waals surface area contributed by atoms with Crippen LogP contribution in [0, 0.1) is 17.2 Å². The van der Waals surface area contributed by atoms with Crippen LogP contribution in [0.5, 0.6) is 5.75 Å². The van der Waals surface area contributed by atoms with Gasteiger partial charge in [-0.15, -0.1) is 0 Å². The molecule has 0 saturated carbocycles. The van der Waals surface area contributed by atoms with E-state index in [4.69, 9.17) is 33.2 Å². The fraction of sp³-hybridized carbons (Fsp3) is 0.500. The Morgan fingerprint density at radius 2 is 2.26 bits per heavy atom. The van der Waals surface area contributed by atoms with Gasteiger partial charge in [0.2, 0.25) is 0 Å². The molecular weight excluding hydrogens is 283 g/mol. The molecule has 0 aliphatic carbocycles. The van der Waals surface area contributed by atoms with E-state index in [1.807, 2.05) is 6.07 Å². The molecular formula is C14H16Cl2N2O. The molecule has 1 saturated heterocycles. The summed E-state index contributed by atoms with van der Waals surface area (Å²) in [6, 6.07) is 5.90. The Labute approximate surface area is 123 Å². The Morgan fingerprint density at radius 1 is 1.47 bits per heavy atom.